The van der Waals surface area contributed by atoms with Crippen LogP contribution in [0.3, 0.4) is 0 Å². The molecule has 0 amide bonds. The number of nitrogens with one attached hydrogen (secondary N) is 2. The van der Waals surface area contributed by atoms with Crippen molar-refractivity contribution in [2.75, 3.05) is 51.3 Å². The number of ether oxygens (including phenoxy) is 1. The maximum atomic E-state index is 11.6. The van der Waals surface area contributed by atoms with Crippen LogP contribution in [0.25, 0.3) is 0 Å². The molecule has 0 unspecified atom stereocenters. The van der Waals surface area contributed by atoms with E-state index in [2.05, 4.69) is 25.1 Å². The maximum Gasteiger partial charge on any atom is 0.295 e. The molecule has 2 fully saturated rings. The van der Waals surface area contributed by atoms with Crippen molar-refractivity contribution in [3.8, 4) is 5.75 Å². The molecule has 0 aromatic carbocycles. The highest BCUT2D eigenvalue weighted by molar-refractivity contribution is 5.53. The summed E-state index contributed by atoms with van der Waals surface area (Å²) in [6, 6.07) is 0.563. The third kappa shape index (κ3) is 2.31. The number of methoxy groups -OCH3 is 1. The fraction of sp³-hybridized carbons (Fsp3) is 0.667. The molecule has 7 heteroatoms. The quantitative estimate of drug-likeness (QED) is 0.721. The van der Waals surface area contributed by atoms with Gasteiger partial charge in [0.05, 0.1) is 13.4 Å². The molecule has 2 aliphatic rings. The Labute approximate surface area is 111 Å². The van der Waals surface area contributed by atoms with Gasteiger partial charge in [0.2, 0.25) is 5.75 Å². The number of anilines is 1. The van der Waals surface area contributed by atoms with Gasteiger partial charge in [0.1, 0.15) is 0 Å². The molecule has 3 rings (SSSR count). The van der Waals surface area contributed by atoms with Crippen LogP contribution < -0.4 is 20.5 Å². The van der Waals surface area contributed by atoms with Gasteiger partial charge in [-0.1, -0.05) is 0 Å². The second-order valence-electron chi connectivity index (χ2n) is 4.93. The molecule has 0 spiro atoms. The standard InChI is InChI=1S/C12H19N5O2/c1-19-10-11(14-8-15-12(10)18)17-6-9(7-17)16-4-2-13-3-5-16/h8-9,13H,2-7H2,1H3,(H,14,15,18). The van der Waals surface area contributed by atoms with Crippen molar-refractivity contribution >= 4 is 5.82 Å². The fourth-order valence-electron chi connectivity index (χ4n) is 2.69. The van der Waals surface area contributed by atoms with Crippen molar-refractivity contribution in [3.05, 3.63) is 16.7 Å². The summed E-state index contributed by atoms with van der Waals surface area (Å²) in [7, 11) is 1.50. The van der Waals surface area contributed by atoms with E-state index in [1.165, 1.54) is 13.4 Å². The van der Waals surface area contributed by atoms with Gasteiger partial charge in [-0.2, -0.15) is 0 Å². The Kier molecular flexibility index (Phi) is 3.39. The van der Waals surface area contributed by atoms with E-state index in [1.807, 2.05) is 0 Å². The molecule has 7 nitrogen and oxygen atoms in total. The summed E-state index contributed by atoms with van der Waals surface area (Å²) in [5.74, 6) is 0.957. The molecule has 1 aromatic heterocycles. The Balaban J connectivity index is 1.67. The Morgan fingerprint density at radius 3 is 2.79 bits per heavy atom. The topological polar surface area (TPSA) is 73.5 Å². The molecule has 2 N–H and O–H groups in total. The maximum absolute atomic E-state index is 11.6. The van der Waals surface area contributed by atoms with Crippen molar-refractivity contribution in [1.29, 1.82) is 0 Å². The van der Waals surface area contributed by atoms with Crippen LogP contribution in [0.1, 0.15) is 0 Å². The third-order valence-electron chi connectivity index (χ3n) is 3.83. The van der Waals surface area contributed by atoms with Crippen molar-refractivity contribution in [3.63, 3.8) is 0 Å². The largest absolute Gasteiger partial charge is 0.489 e. The van der Waals surface area contributed by atoms with Crippen molar-refractivity contribution in [2.24, 2.45) is 0 Å². The van der Waals surface area contributed by atoms with E-state index < -0.39 is 0 Å². The van der Waals surface area contributed by atoms with Crippen LogP contribution in [0, 0.1) is 0 Å². The summed E-state index contributed by atoms with van der Waals surface area (Å²) >= 11 is 0. The molecule has 19 heavy (non-hydrogen) atoms. The van der Waals surface area contributed by atoms with Crippen LogP contribution in [0.2, 0.25) is 0 Å². The molecule has 0 aliphatic carbocycles. The van der Waals surface area contributed by atoms with Crippen LogP contribution >= 0.6 is 0 Å². The van der Waals surface area contributed by atoms with Crippen LogP contribution in [-0.4, -0.2) is 67.3 Å². The highest BCUT2D eigenvalue weighted by Gasteiger charge is 2.34. The van der Waals surface area contributed by atoms with Gasteiger partial charge in [-0.25, -0.2) is 4.98 Å². The van der Waals surface area contributed by atoms with Crippen LogP contribution in [-0.2, 0) is 0 Å². The summed E-state index contributed by atoms with van der Waals surface area (Å²) < 4.78 is 5.14. The second kappa shape index (κ2) is 5.18. The Morgan fingerprint density at radius 2 is 2.11 bits per heavy atom. The van der Waals surface area contributed by atoms with E-state index in [9.17, 15) is 4.79 Å². The average molecular weight is 265 g/mol. The highest BCUT2D eigenvalue weighted by atomic mass is 16.5. The number of piperazine rings is 1. The van der Waals surface area contributed by atoms with E-state index in [4.69, 9.17) is 4.74 Å². The SMILES string of the molecule is COc1c(N2CC(N3CCNCC3)C2)nc[nH]c1=O. The third-order valence-corrected chi connectivity index (χ3v) is 3.83. The molecule has 0 saturated carbocycles. The number of rotatable bonds is 3. The fourth-order valence-corrected chi connectivity index (χ4v) is 2.69. The molecular weight excluding hydrogens is 246 g/mol. The molecule has 2 aliphatic heterocycles. The van der Waals surface area contributed by atoms with E-state index in [1.54, 1.807) is 0 Å². The summed E-state index contributed by atoms with van der Waals surface area (Å²) in [5.41, 5.74) is -0.224. The zero-order valence-corrected chi connectivity index (χ0v) is 11.1. The number of aromatic amines is 1. The van der Waals surface area contributed by atoms with Crippen molar-refractivity contribution < 1.29 is 4.74 Å². The van der Waals surface area contributed by atoms with Gasteiger partial charge in [-0.3, -0.25) is 9.69 Å². The van der Waals surface area contributed by atoms with Gasteiger partial charge in [0.25, 0.3) is 5.56 Å². The number of hydrogen-bond acceptors (Lipinski definition) is 6. The monoisotopic (exact) mass is 265 g/mol. The van der Waals surface area contributed by atoms with Crippen molar-refractivity contribution in [1.82, 2.24) is 20.2 Å². The number of nitrogens with zero attached hydrogens (tertiary/aromatic N) is 3. The first-order chi connectivity index (χ1) is 9.29. The van der Waals surface area contributed by atoms with Gasteiger partial charge in [-0.05, 0) is 0 Å². The molecule has 0 bridgehead atoms. The van der Waals surface area contributed by atoms with Gasteiger partial charge in [0.15, 0.2) is 5.82 Å². The Morgan fingerprint density at radius 1 is 1.37 bits per heavy atom. The molecular formula is C12H19N5O2. The van der Waals surface area contributed by atoms with Crippen LogP contribution in [0.5, 0.6) is 5.75 Å². The van der Waals surface area contributed by atoms with E-state index in [-0.39, 0.29) is 5.56 Å². The van der Waals surface area contributed by atoms with Crippen LogP contribution in [0.15, 0.2) is 11.1 Å². The average Bonchev–Trinajstić information content (AvgIpc) is 2.38. The number of H-pyrrole nitrogens is 1. The van der Waals surface area contributed by atoms with Crippen molar-refractivity contribution in [2.45, 2.75) is 6.04 Å². The number of aromatic nitrogens is 2. The summed E-state index contributed by atoms with van der Waals surface area (Å²) in [5, 5.41) is 3.35. The molecule has 2 saturated heterocycles. The summed E-state index contributed by atoms with van der Waals surface area (Å²) in [6.45, 7) is 6.13. The number of hydrogen-bond donors (Lipinski definition) is 2. The predicted molar refractivity (Wildman–Crippen MR) is 71.9 cm³/mol. The molecule has 104 valence electrons. The van der Waals surface area contributed by atoms with E-state index in [0.29, 0.717) is 17.6 Å². The first-order valence-corrected chi connectivity index (χ1v) is 6.61. The van der Waals surface area contributed by atoms with Gasteiger partial charge in [-0.15, -0.1) is 0 Å². The minimum atomic E-state index is -0.224. The molecule has 3 heterocycles. The zero-order chi connectivity index (χ0) is 13.2. The van der Waals surface area contributed by atoms with Gasteiger partial charge >= 0.3 is 0 Å². The smallest absolute Gasteiger partial charge is 0.295 e. The lowest BCUT2D eigenvalue weighted by Gasteiger charge is -2.47. The lowest BCUT2D eigenvalue weighted by Crippen LogP contribution is -2.63. The van der Waals surface area contributed by atoms with Crippen LogP contribution in [0.4, 0.5) is 5.82 Å². The molecule has 0 atom stereocenters. The minimum Gasteiger partial charge on any atom is -0.489 e. The Bertz CT molecular complexity index is 491. The van der Waals surface area contributed by atoms with Gasteiger partial charge in [0, 0.05) is 45.3 Å². The summed E-state index contributed by atoms with van der Waals surface area (Å²) in [6.07, 6.45) is 1.43. The van der Waals surface area contributed by atoms with E-state index in [0.717, 1.165) is 39.3 Å². The summed E-state index contributed by atoms with van der Waals surface area (Å²) in [4.78, 5) is 23.0. The lowest BCUT2D eigenvalue weighted by atomic mass is 10.1. The van der Waals surface area contributed by atoms with E-state index >= 15 is 0 Å². The second-order valence-corrected chi connectivity index (χ2v) is 4.93. The first kappa shape index (κ1) is 12.4. The molecule has 1 aromatic rings. The lowest BCUT2D eigenvalue weighted by molar-refractivity contribution is 0.146. The van der Waals surface area contributed by atoms with Gasteiger partial charge < -0.3 is 19.9 Å². The Hall–Kier alpha value is -1.60. The molecule has 0 radical (unpaired) electrons. The predicted octanol–water partition coefficient (Wildman–Crippen LogP) is -1.13. The minimum absolute atomic E-state index is 0.224. The zero-order valence-electron chi connectivity index (χ0n) is 11.1. The first-order valence-electron chi connectivity index (χ1n) is 6.61. The normalized spacial score (nSPS) is 21.2. The highest BCUT2D eigenvalue weighted by Crippen LogP contribution is 2.27.